The predicted molar refractivity (Wildman–Crippen MR) is 186 cm³/mol. The number of alkyl halides is 2. The second kappa shape index (κ2) is 20.9. The molecule has 2 saturated carbocycles. The summed E-state index contributed by atoms with van der Waals surface area (Å²) >= 11 is 0. The maximum atomic E-state index is 14.9. The fourth-order valence-corrected chi connectivity index (χ4v) is 7.28. The van der Waals surface area contributed by atoms with Crippen LogP contribution >= 0.6 is 0 Å². The molecular weight excluding hydrogens is 654 g/mol. The molecule has 0 radical (unpaired) electrons. The van der Waals surface area contributed by atoms with E-state index < -0.39 is 66.7 Å². The van der Waals surface area contributed by atoms with Gasteiger partial charge in [-0.2, -0.15) is 13.2 Å². The lowest BCUT2D eigenvalue weighted by Gasteiger charge is -2.29. The van der Waals surface area contributed by atoms with Gasteiger partial charge in [0.1, 0.15) is 25.6 Å². The highest BCUT2D eigenvalue weighted by Gasteiger charge is 2.26. The zero-order valence-electron chi connectivity index (χ0n) is 29.9. The lowest BCUT2D eigenvalue weighted by Crippen LogP contribution is -2.21. The van der Waals surface area contributed by atoms with Crippen LogP contribution in [0.1, 0.15) is 116 Å². The summed E-state index contributed by atoms with van der Waals surface area (Å²) in [5, 5.41) is 0. The molecule has 0 heterocycles. The average molecular weight is 711 g/mol. The third-order valence-electron chi connectivity index (χ3n) is 10.4. The van der Waals surface area contributed by atoms with Gasteiger partial charge in [0.2, 0.25) is 17.5 Å². The third kappa shape index (κ3) is 12.4. The molecule has 0 spiro atoms. The Morgan fingerprint density at radius 1 is 0.600 bits per heavy atom. The van der Waals surface area contributed by atoms with Crippen molar-refractivity contribution in [2.45, 2.75) is 129 Å². The van der Waals surface area contributed by atoms with E-state index in [1.807, 2.05) is 6.92 Å². The predicted octanol–water partition coefficient (Wildman–Crippen LogP) is 12.2. The molecule has 0 amide bonds. The second-order valence-electron chi connectivity index (χ2n) is 14.4. The minimum absolute atomic E-state index is 0.221. The number of rotatable bonds is 20. The molecule has 280 valence electrons. The summed E-state index contributed by atoms with van der Waals surface area (Å²) in [6.07, 6.45) is 17.5. The monoisotopic (exact) mass is 710 g/mol. The summed E-state index contributed by atoms with van der Waals surface area (Å²) in [6.45, 7) is 3.29. The number of hydrogen-bond acceptors (Lipinski definition) is 3. The van der Waals surface area contributed by atoms with Gasteiger partial charge in [0.05, 0.1) is 6.61 Å². The number of ether oxygens (including phenoxy) is 3. The van der Waals surface area contributed by atoms with Gasteiger partial charge in [0.25, 0.3) is 0 Å². The standard InChI is InChI=1S/C41H56F6O3/c1-3-5-7-8-28-9-11-29(12-10-28)13-14-30-15-17-31(18-16-30)24-33(42)26-49-36-20-19-32(38(44)39(36)45)25-34(43)27-50-37-22-21-35(40(46)41(37)47)48-23-6-4-2/h13-14,19-22,28-31,33-34H,3-12,15-18,23-27H2,1-2H3/b14-13+. The quantitative estimate of drug-likeness (QED) is 0.0778. The first kappa shape index (κ1) is 39.9. The van der Waals surface area contributed by atoms with E-state index in [-0.39, 0.29) is 23.8 Å². The van der Waals surface area contributed by atoms with Gasteiger partial charge in [-0.3, -0.25) is 0 Å². The topological polar surface area (TPSA) is 27.7 Å². The number of unbranched alkanes of at least 4 members (excludes halogenated alkanes) is 3. The van der Waals surface area contributed by atoms with Gasteiger partial charge in [-0.05, 0) is 112 Å². The molecule has 2 unspecified atom stereocenters. The maximum Gasteiger partial charge on any atom is 0.204 e. The van der Waals surface area contributed by atoms with Crippen molar-refractivity contribution in [2.24, 2.45) is 23.7 Å². The van der Waals surface area contributed by atoms with Crippen molar-refractivity contribution in [2.75, 3.05) is 19.8 Å². The molecule has 0 N–H and O–H groups in total. The summed E-state index contributed by atoms with van der Waals surface area (Å²) in [5.74, 6) is -4.07. The van der Waals surface area contributed by atoms with E-state index >= 15 is 0 Å². The van der Waals surface area contributed by atoms with E-state index in [9.17, 15) is 26.3 Å². The van der Waals surface area contributed by atoms with Crippen LogP contribution in [0.25, 0.3) is 0 Å². The largest absolute Gasteiger partial charge is 0.490 e. The number of allylic oxidation sites excluding steroid dienone is 2. The number of benzene rings is 2. The van der Waals surface area contributed by atoms with Crippen LogP contribution in [0, 0.1) is 46.9 Å². The Balaban J connectivity index is 1.14. The molecule has 0 bridgehead atoms. The van der Waals surface area contributed by atoms with Crippen molar-refractivity contribution in [3.63, 3.8) is 0 Å². The highest BCUT2D eigenvalue weighted by molar-refractivity contribution is 5.35. The first-order valence-electron chi connectivity index (χ1n) is 19.0. The minimum Gasteiger partial charge on any atom is -0.490 e. The molecule has 2 aliphatic carbocycles. The van der Waals surface area contributed by atoms with Crippen molar-refractivity contribution < 1.29 is 40.6 Å². The Morgan fingerprint density at radius 3 is 1.68 bits per heavy atom. The third-order valence-corrected chi connectivity index (χ3v) is 10.4. The summed E-state index contributed by atoms with van der Waals surface area (Å²) in [7, 11) is 0. The summed E-state index contributed by atoms with van der Waals surface area (Å²) in [4.78, 5) is 0. The Labute approximate surface area is 295 Å². The lowest BCUT2D eigenvalue weighted by atomic mass is 9.77. The molecule has 9 heteroatoms. The van der Waals surface area contributed by atoms with Gasteiger partial charge < -0.3 is 14.2 Å². The molecule has 3 nitrogen and oxygen atoms in total. The molecule has 0 aromatic heterocycles. The minimum atomic E-state index is -1.85. The second-order valence-corrected chi connectivity index (χ2v) is 14.4. The van der Waals surface area contributed by atoms with E-state index in [0.717, 1.165) is 50.2 Å². The van der Waals surface area contributed by atoms with Crippen LogP contribution in [0.4, 0.5) is 26.3 Å². The molecule has 2 atom stereocenters. The van der Waals surface area contributed by atoms with E-state index in [2.05, 4.69) is 19.1 Å². The Morgan fingerprint density at radius 2 is 1.10 bits per heavy atom. The fraction of sp³-hybridized carbons (Fsp3) is 0.659. The Kier molecular flexibility index (Phi) is 16.7. The van der Waals surface area contributed by atoms with Gasteiger partial charge in [-0.25, -0.2) is 13.2 Å². The molecular formula is C41H56F6O3. The first-order valence-corrected chi connectivity index (χ1v) is 19.0. The number of halogens is 6. The maximum absolute atomic E-state index is 14.9. The van der Waals surface area contributed by atoms with Crippen LogP contribution < -0.4 is 14.2 Å². The van der Waals surface area contributed by atoms with Gasteiger partial charge in [-0.15, -0.1) is 0 Å². The Bertz CT molecular complexity index is 1320. The van der Waals surface area contributed by atoms with Gasteiger partial charge >= 0.3 is 0 Å². The lowest BCUT2D eigenvalue weighted by molar-refractivity contribution is 0.147. The summed E-state index contributed by atoms with van der Waals surface area (Å²) in [6, 6.07) is 4.64. The molecule has 4 rings (SSSR count). The van der Waals surface area contributed by atoms with Crippen LogP contribution in [0.5, 0.6) is 17.2 Å². The highest BCUT2D eigenvalue weighted by Crippen LogP contribution is 2.36. The Hall–Kier alpha value is -2.84. The summed E-state index contributed by atoms with van der Waals surface area (Å²) in [5.41, 5.74) is -0.282. The molecule has 2 aromatic rings. The van der Waals surface area contributed by atoms with Crippen molar-refractivity contribution in [3.05, 3.63) is 65.2 Å². The van der Waals surface area contributed by atoms with Crippen molar-refractivity contribution >= 4 is 0 Å². The fourth-order valence-electron chi connectivity index (χ4n) is 7.28. The van der Waals surface area contributed by atoms with E-state index in [1.54, 1.807) is 0 Å². The van der Waals surface area contributed by atoms with Crippen LogP contribution in [-0.2, 0) is 6.42 Å². The zero-order valence-corrected chi connectivity index (χ0v) is 29.9. The van der Waals surface area contributed by atoms with Crippen molar-refractivity contribution in [1.82, 2.24) is 0 Å². The zero-order chi connectivity index (χ0) is 35.9. The summed E-state index contributed by atoms with van der Waals surface area (Å²) < 4.78 is 103. The van der Waals surface area contributed by atoms with Gasteiger partial charge in [0, 0.05) is 6.42 Å². The van der Waals surface area contributed by atoms with Gasteiger partial charge in [0.15, 0.2) is 23.1 Å². The SMILES string of the molecule is CCCCCC1CCC(/C=C/C2CCC(CC(F)COc3ccc(CC(F)COc4ccc(OCCCC)c(F)c4F)c(F)c3F)CC2)CC1. The van der Waals surface area contributed by atoms with E-state index in [1.165, 1.54) is 63.5 Å². The molecule has 2 aliphatic rings. The molecule has 2 fully saturated rings. The first-order chi connectivity index (χ1) is 24.2. The van der Waals surface area contributed by atoms with E-state index in [4.69, 9.17) is 14.2 Å². The van der Waals surface area contributed by atoms with Crippen molar-refractivity contribution in [1.29, 1.82) is 0 Å². The molecule has 50 heavy (non-hydrogen) atoms. The number of hydrogen-bond donors (Lipinski definition) is 0. The van der Waals surface area contributed by atoms with Crippen molar-refractivity contribution in [3.8, 4) is 17.2 Å². The normalized spacial score (nSPS) is 22.4. The van der Waals surface area contributed by atoms with Crippen LogP contribution in [0.3, 0.4) is 0 Å². The molecule has 2 aromatic carbocycles. The average Bonchev–Trinajstić information content (AvgIpc) is 3.12. The molecule has 0 aliphatic heterocycles. The van der Waals surface area contributed by atoms with Crippen LogP contribution in [0.2, 0.25) is 0 Å². The van der Waals surface area contributed by atoms with E-state index in [0.29, 0.717) is 24.7 Å². The molecule has 0 saturated heterocycles. The van der Waals surface area contributed by atoms with Crippen LogP contribution in [-0.4, -0.2) is 32.2 Å². The highest BCUT2D eigenvalue weighted by atomic mass is 19.2. The smallest absolute Gasteiger partial charge is 0.204 e. The van der Waals surface area contributed by atoms with Gasteiger partial charge in [-0.1, -0.05) is 64.2 Å². The van der Waals surface area contributed by atoms with Crippen LogP contribution in [0.15, 0.2) is 36.4 Å².